The van der Waals surface area contributed by atoms with Crippen LogP contribution in [0.1, 0.15) is 40.5 Å². The molecular weight excluding hydrogens is 160 g/mol. The van der Waals surface area contributed by atoms with E-state index in [1.807, 2.05) is 13.8 Å². The molecule has 1 nitrogen and oxygen atoms in total. The molecule has 0 aliphatic heterocycles. The first-order valence-corrected chi connectivity index (χ1v) is 4.87. The first-order chi connectivity index (χ1) is 6.04. The molecule has 0 bridgehead atoms. The highest BCUT2D eigenvalue weighted by Crippen LogP contribution is 2.19. The molecule has 1 radical (unpaired) electrons. The third-order valence-corrected chi connectivity index (χ3v) is 2.02. The molecule has 0 amide bonds. The highest BCUT2D eigenvalue weighted by molar-refractivity contribution is 4.98. The van der Waals surface area contributed by atoms with Crippen molar-refractivity contribution in [2.75, 3.05) is 6.61 Å². The lowest BCUT2D eigenvalue weighted by Gasteiger charge is -2.24. The van der Waals surface area contributed by atoms with Crippen LogP contribution in [0.15, 0.2) is 17.7 Å². The van der Waals surface area contributed by atoms with Gasteiger partial charge in [-0.3, -0.25) is 0 Å². The highest BCUT2D eigenvalue weighted by Gasteiger charge is 2.18. The molecule has 0 heterocycles. The molecule has 0 saturated carbocycles. The second kappa shape index (κ2) is 5.98. The van der Waals surface area contributed by atoms with Gasteiger partial charge in [0.05, 0.1) is 5.60 Å². The highest BCUT2D eigenvalue weighted by atomic mass is 16.5. The lowest BCUT2D eigenvalue weighted by molar-refractivity contribution is 0.00817. The van der Waals surface area contributed by atoms with Crippen molar-refractivity contribution in [1.82, 2.24) is 0 Å². The minimum Gasteiger partial charge on any atom is -0.371 e. The molecule has 0 fully saturated rings. The summed E-state index contributed by atoms with van der Waals surface area (Å²) in [4.78, 5) is 0. The average Bonchev–Trinajstić information content (AvgIpc) is 2.04. The molecule has 0 aromatic rings. The number of hydrogen-bond donors (Lipinski definition) is 0. The fourth-order valence-electron chi connectivity index (χ4n) is 1.18. The van der Waals surface area contributed by atoms with Crippen LogP contribution in [-0.4, -0.2) is 12.2 Å². The molecule has 0 spiro atoms. The number of hydrogen-bond acceptors (Lipinski definition) is 1. The van der Waals surface area contributed by atoms with Crippen LogP contribution in [0.25, 0.3) is 0 Å². The summed E-state index contributed by atoms with van der Waals surface area (Å²) in [5.41, 5.74) is 1.08. The molecule has 13 heavy (non-hydrogen) atoms. The smallest absolute Gasteiger partial charge is 0.0840 e. The fourth-order valence-corrected chi connectivity index (χ4v) is 1.18. The summed E-state index contributed by atoms with van der Waals surface area (Å²) < 4.78 is 5.55. The van der Waals surface area contributed by atoms with Gasteiger partial charge in [-0.25, -0.2) is 0 Å². The standard InChI is InChI=1S/C12H21O/c1-6-12(5,13-7-2)10-8-9-11(3)4/h1,6,9H,7-8,10H2,2-5H3. The maximum Gasteiger partial charge on any atom is 0.0840 e. The van der Waals surface area contributed by atoms with Gasteiger partial charge in [0, 0.05) is 6.61 Å². The SMILES string of the molecule is [CH]=CC(C)(CCC=C(C)C)OCC. The van der Waals surface area contributed by atoms with Crippen LogP contribution in [0.3, 0.4) is 0 Å². The van der Waals surface area contributed by atoms with E-state index in [0.717, 1.165) is 12.8 Å². The van der Waals surface area contributed by atoms with Gasteiger partial charge in [-0.2, -0.15) is 0 Å². The lowest BCUT2D eigenvalue weighted by atomic mass is 9.99. The molecular formula is C12H21O. The van der Waals surface area contributed by atoms with Crippen molar-refractivity contribution in [2.24, 2.45) is 0 Å². The van der Waals surface area contributed by atoms with Gasteiger partial charge in [-0.1, -0.05) is 24.3 Å². The molecule has 0 aliphatic carbocycles. The first-order valence-electron chi connectivity index (χ1n) is 4.87. The minimum absolute atomic E-state index is 0.263. The summed E-state index contributed by atoms with van der Waals surface area (Å²) in [7, 11) is 0. The van der Waals surface area contributed by atoms with Crippen LogP contribution in [0, 0.1) is 6.58 Å². The van der Waals surface area contributed by atoms with E-state index in [2.05, 4.69) is 19.9 Å². The van der Waals surface area contributed by atoms with E-state index in [4.69, 9.17) is 11.3 Å². The zero-order valence-electron chi connectivity index (χ0n) is 9.26. The monoisotopic (exact) mass is 181 g/mol. The Kier molecular flexibility index (Phi) is 5.72. The third kappa shape index (κ3) is 5.64. The van der Waals surface area contributed by atoms with Crippen molar-refractivity contribution >= 4 is 0 Å². The Bertz CT molecular complexity index is 178. The fraction of sp³-hybridized carbons (Fsp3) is 0.667. The molecule has 1 heteroatoms. The van der Waals surface area contributed by atoms with Gasteiger partial charge in [0.1, 0.15) is 0 Å². The second-order valence-electron chi connectivity index (χ2n) is 3.73. The molecule has 1 atom stereocenters. The maximum atomic E-state index is 5.55. The Hall–Kier alpha value is -0.560. The summed E-state index contributed by atoms with van der Waals surface area (Å²) in [5, 5.41) is 0. The Morgan fingerprint density at radius 3 is 2.46 bits per heavy atom. The summed E-state index contributed by atoms with van der Waals surface area (Å²) >= 11 is 0. The largest absolute Gasteiger partial charge is 0.371 e. The Morgan fingerprint density at radius 1 is 1.46 bits per heavy atom. The first kappa shape index (κ1) is 12.4. The van der Waals surface area contributed by atoms with E-state index in [1.165, 1.54) is 5.57 Å². The van der Waals surface area contributed by atoms with E-state index in [1.54, 1.807) is 6.08 Å². The topological polar surface area (TPSA) is 9.23 Å². The van der Waals surface area contributed by atoms with Gasteiger partial charge in [-0.05, 0) is 40.5 Å². The number of rotatable bonds is 6. The van der Waals surface area contributed by atoms with Gasteiger partial charge < -0.3 is 4.74 Å². The van der Waals surface area contributed by atoms with Crippen molar-refractivity contribution in [3.05, 3.63) is 24.3 Å². The predicted octanol–water partition coefficient (Wildman–Crippen LogP) is 3.52. The molecule has 75 valence electrons. The van der Waals surface area contributed by atoms with Crippen molar-refractivity contribution in [3.63, 3.8) is 0 Å². The van der Waals surface area contributed by atoms with Crippen LogP contribution in [0.2, 0.25) is 0 Å². The third-order valence-electron chi connectivity index (χ3n) is 2.02. The summed E-state index contributed by atoms with van der Waals surface area (Å²) in [6.07, 6.45) is 5.82. The Labute approximate surface area is 82.5 Å². The van der Waals surface area contributed by atoms with Gasteiger partial charge in [-0.15, -0.1) is 0 Å². The van der Waals surface area contributed by atoms with Crippen LogP contribution in [0.4, 0.5) is 0 Å². The van der Waals surface area contributed by atoms with Crippen LogP contribution in [0.5, 0.6) is 0 Å². The molecule has 0 aromatic carbocycles. The molecule has 1 unspecified atom stereocenters. The average molecular weight is 181 g/mol. The Balaban J connectivity index is 3.97. The minimum atomic E-state index is -0.263. The van der Waals surface area contributed by atoms with Crippen molar-refractivity contribution in [2.45, 2.75) is 46.1 Å². The molecule has 0 rings (SSSR count). The quantitative estimate of drug-likeness (QED) is 0.570. The van der Waals surface area contributed by atoms with E-state index in [9.17, 15) is 0 Å². The van der Waals surface area contributed by atoms with Crippen LogP contribution < -0.4 is 0 Å². The van der Waals surface area contributed by atoms with Gasteiger partial charge in [0.2, 0.25) is 0 Å². The number of allylic oxidation sites excluding steroid dienone is 2. The van der Waals surface area contributed by atoms with E-state index >= 15 is 0 Å². The van der Waals surface area contributed by atoms with Crippen LogP contribution in [-0.2, 0) is 4.74 Å². The van der Waals surface area contributed by atoms with Gasteiger partial charge in [0.25, 0.3) is 0 Å². The zero-order valence-corrected chi connectivity index (χ0v) is 9.26. The second-order valence-corrected chi connectivity index (χ2v) is 3.73. The molecule has 0 aliphatic rings. The maximum absolute atomic E-state index is 5.55. The van der Waals surface area contributed by atoms with Crippen molar-refractivity contribution in [3.8, 4) is 0 Å². The van der Waals surface area contributed by atoms with Crippen molar-refractivity contribution < 1.29 is 4.74 Å². The van der Waals surface area contributed by atoms with E-state index in [0.29, 0.717) is 6.61 Å². The summed E-state index contributed by atoms with van der Waals surface area (Å²) in [6, 6.07) is 0. The molecule has 0 aromatic heterocycles. The normalized spacial score (nSPS) is 14.8. The zero-order chi connectivity index (χ0) is 10.3. The van der Waals surface area contributed by atoms with E-state index < -0.39 is 0 Å². The summed E-state index contributed by atoms with van der Waals surface area (Å²) in [6.45, 7) is 14.5. The van der Waals surface area contributed by atoms with Crippen molar-refractivity contribution in [1.29, 1.82) is 0 Å². The summed E-state index contributed by atoms with van der Waals surface area (Å²) in [5.74, 6) is 0. The van der Waals surface area contributed by atoms with Crippen LogP contribution >= 0.6 is 0 Å². The predicted molar refractivity (Wildman–Crippen MR) is 57.6 cm³/mol. The Morgan fingerprint density at radius 2 is 2.08 bits per heavy atom. The van der Waals surface area contributed by atoms with Gasteiger partial charge in [0.15, 0.2) is 0 Å². The number of ether oxygens (including phenoxy) is 1. The lowest BCUT2D eigenvalue weighted by Crippen LogP contribution is -2.25. The molecule has 0 N–H and O–H groups in total. The molecule has 0 saturated heterocycles. The van der Waals surface area contributed by atoms with Gasteiger partial charge >= 0.3 is 0 Å². The van der Waals surface area contributed by atoms with E-state index in [-0.39, 0.29) is 5.60 Å².